The highest BCUT2D eigenvalue weighted by atomic mass is 32.1. The molecule has 4 nitrogen and oxygen atoms in total. The Hall–Kier alpha value is -1.75. The first-order valence-corrected chi connectivity index (χ1v) is 6.19. The van der Waals surface area contributed by atoms with Crippen molar-refractivity contribution in [2.45, 2.75) is 20.8 Å². The third kappa shape index (κ3) is 3.10. The summed E-state index contributed by atoms with van der Waals surface area (Å²) in [5.74, 6) is 1.47. The summed E-state index contributed by atoms with van der Waals surface area (Å²) in [6, 6.07) is 5.93. The van der Waals surface area contributed by atoms with Gasteiger partial charge in [0, 0.05) is 16.6 Å². The fourth-order valence-corrected chi connectivity index (χ4v) is 2.13. The topological polar surface area (TPSA) is 50.2 Å². The van der Waals surface area contributed by atoms with Crippen LogP contribution in [0.15, 0.2) is 28.7 Å². The van der Waals surface area contributed by atoms with Crippen molar-refractivity contribution >= 4 is 22.9 Å². The molecular formula is C12H14N4S. The lowest BCUT2D eigenvalue weighted by molar-refractivity contribution is 1.00. The van der Waals surface area contributed by atoms with Gasteiger partial charge in [-0.1, -0.05) is 6.07 Å². The van der Waals surface area contributed by atoms with Gasteiger partial charge in [0.2, 0.25) is 0 Å². The Morgan fingerprint density at radius 3 is 2.82 bits per heavy atom. The SMILES string of the molecule is C/C(=N\Nc1cc(C)nc(C)n1)c1cccs1. The number of hydrogen-bond donors (Lipinski definition) is 1. The van der Waals surface area contributed by atoms with Gasteiger partial charge in [0.05, 0.1) is 5.71 Å². The lowest BCUT2D eigenvalue weighted by Crippen LogP contribution is -2.01. The smallest absolute Gasteiger partial charge is 0.150 e. The summed E-state index contributed by atoms with van der Waals surface area (Å²) in [5, 5.41) is 6.34. The number of anilines is 1. The van der Waals surface area contributed by atoms with Crippen LogP contribution in [-0.4, -0.2) is 15.7 Å². The van der Waals surface area contributed by atoms with Crippen molar-refractivity contribution in [3.05, 3.63) is 40.0 Å². The average Bonchev–Trinajstić information content (AvgIpc) is 2.78. The number of hydrogen-bond acceptors (Lipinski definition) is 5. The van der Waals surface area contributed by atoms with Gasteiger partial charge in [-0.3, -0.25) is 5.43 Å². The predicted molar refractivity (Wildman–Crippen MR) is 71.7 cm³/mol. The molecule has 0 fully saturated rings. The molecule has 1 N–H and O–H groups in total. The summed E-state index contributed by atoms with van der Waals surface area (Å²) >= 11 is 1.67. The first-order valence-electron chi connectivity index (χ1n) is 5.31. The van der Waals surface area contributed by atoms with Crippen molar-refractivity contribution in [1.29, 1.82) is 0 Å². The van der Waals surface area contributed by atoms with Crippen LogP contribution in [0.3, 0.4) is 0 Å². The quantitative estimate of drug-likeness (QED) is 0.669. The zero-order chi connectivity index (χ0) is 12.3. The van der Waals surface area contributed by atoms with Crippen LogP contribution in [0.5, 0.6) is 0 Å². The average molecular weight is 246 g/mol. The van der Waals surface area contributed by atoms with Crippen molar-refractivity contribution in [2.24, 2.45) is 5.10 Å². The first kappa shape index (κ1) is 11.7. The number of nitrogens with zero attached hydrogens (tertiary/aromatic N) is 3. The van der Waals surface area contributed by atoms with Crippen LogP contribution in [-0.2, 0) is 0 Å². The highest BCUT2D eigenvalue weighted by Crippen LogP contribution is 2.11. The summed E-state index contributed by atoms with van der Waals surface area (Å²) in [6.45, 7) is 5.78. The minimum atomic E-state index is 0.728. The molecule has 0 aliphatic rings. The van der Waals surface area contributed by atoms with Crippen molar-refractivity contribution in [1.82, 2.24) is 9.97 Å². The van der Waals surface area contributed by atoms with Crippen LogP contribution >= 0.6 is 11.3 Å². The van der Waals surface area contributed by atoms with Crippen LogP contribution in [0.25, 0.3) is 0 Å². The molecule has 0 amide bonds. The number of nitrogens with one attached hydrogen (secondary N) is 1. The molecule has 2 heterocycles. The number of rotatable bonds is 3. The summed E-state index contributed by atoms with van der Waals surface area (Å²) in [7, 11) is 0. The summed E-state index contributed by atoms with van der Waals surface area (Å²) in [6.07, 6.45) is 0. The van der Waals surface area contributed by atoms with Gasteiger partial charge in [0.15, 0.2) is 0 Å². The van der Waals surface area contributed by atoms with Crippen LogP contribution in [0, 0.1) is 13.8 Å². The van der Waals surface area contributed by atoms with Crippen molar-refractivity contribution < 1.29 is 0 Å². The van der Waals surface area contributed by atoms with Gasteiger partial charge in [-0.2, -0.15) is 5.10 Å². The molecule has 2 rings (SSSR count). The molecule has 2 aromatic heterocycles. The molecule has 0 unspecified atom stereocenters. The molecule has 88 valence electrons. The van der Waals surface area contributed by atoms with Gasteiger partial charge in [-0.15, -0.1) is 11.3 Å². The van der Waals surface area contributed by atoms with E-state index in [9.17, 15) is 0 Å². The monoisotopic (exact) mass is 246 g/mol. The van der Waals surface area contributed by atoms with E-state index in [1.165, 1.54) is 0 Å². The number of hydrazone groups is 1. The minimum Gasteiger partial charge on any atom is -0.261 e. The molecule has 2 aromatic rings. The van der Waals surface area contributed by atoms with E-state index >= 15 is 0 Å². The number of aryl methyl sites for hydroxylation is 2. The van der Waals surface area contributed by atoms with E-state index in [1.54, 1.807) is 11.3 Å². The molecule has 0 aliphatic heterocycles. The van der Waals surface area contributed by atoms with Crippen LogP contribution in [0.4, 0.5) is 5.82 Å². The van der Waals surface area contributed by atoms with Gasteiger partial charge >= 0.3 is 0 Å². The Morgan fingerprint density at radius 2 is 2.18 bits per heavy atom. The maximum atomic E-state index is 4.31. The largest absolute Gasteiger partial charge is 0.261 e. The predicted octanol–water partition coefficient (Wildman–Crippen LogP) is 2.99. The molecule has 5 heteroatoms. The van der Waals surface area contributed by atoms with Gasteiger partial charge in [0.1, 0.15) is 11.6 Å². The van der Waals surface area contributed by atoms with Gasteiger partial charge in [0.25, 0.3) is 0 Å². The molecule has 0 saturated heterocycles. The standard InChI is InChI=1S/C12H14N4S/c1-8-7-12(14-10(3)13-8)16-15-9(2)11-5-4-6-17-11/h4-7H,1-3H3,(H,13,14,16)/b15-9+. The fourth-order valence-electron chi connectivity index (χ4n) is 1.45. The fraction of sp³-hybridized carbons (Fsp3) is 0.250. The second kappa shape index (κ2) is 5.05. The van der Waals surface area contributed by atoms with Crippen LogP contribution < -0.4 is 5.43 Å². The summed E-state index contributed by atoms with van der Waals surface area (Å²) in [4.78, 5) is 9.63. The van der Waals surface area contributed by atoms with Crippen LogP contribution in [0.2, 0.25) is 0 Å². The molecule has 0 saturated carbocycles. The van der Waals surface area contributed by atoms with E-state index in [1.807, 2.05) is 44.4 Å². The molecule has 0 radical (unpaired) electrons. The Labute approximate surface area is 104 Å². The van der Waals surface area contributed by atoms with E-state index < -0.39 is 0 Å². The highest BCUT2D eigenvalue weighted by molar-refractivity contribution is 7.12. The van der Waals surface area contributed by atoms with E-state index in [-0.39, 0.29) is 0 Å². The molecule has 0 atom stereocenters. The van der Waals surface area contributed by atoms with Crippen molar-refractivity contribution in [3.8, 4) is 0 Å². The van der Waals surface area contributed by atoms with Gasteiger partial charge in [-0.05, 0) is 32.2 Å². The number of thiophene rings is 1. The molecule has 0 spiro atoms. The maximum absolute atomic E-state index is 4.31. The summed E-state index contributed by atoms with van der Waals surface area (Å²) < 4.78 is 0. The third-order valence-corrected chi connectivity index (χ3v) is 3.16. The van der Waals surface area contributed by atoms with E-state index in [0.717, 1.165) is 27.9 Å². The van der Waals surface area contributed by atoms with Crippen LogP contribution in [0.1, 0.15) is 23.3 Å². The van der Waals surface area contributed by atoms with Crippen molar-refractivity contribution in [2.75, 3.05) is 5.43 Å². The zero-order valence-electron chi connectivity index (χ0n) is 10.1. The van der Waals surface area contributed by atoms with Gasteiger partial charge < -0.3 is 0 Å². The third-order valence-electron chi connectivity index (χ3n) is 2.18. The molecular weight excluding hydrogens is 232 g/mol. The Balaban J connectivity index is 2.14. The van der Waals surface area contributed by atoms with Gasteiger partial charge in [-0.25, -0.2) is 9.97 Å². The lowest BCUT2D eigenvalue weighted by Gasteiger charge is -2.03. The second-order valence-electron chi connectivity index (χ2n) is 3.73. The van der Waals surface area contributed by atoms with E-state index in [4.69, 9.17) is 0 Å². The minimum absolute atomic E-state index is 0.728. The normalized spacial score (nSPS) is 11.6. The summed E-state index contributed by atoms with van der Waals surface area (Å²) in [5.41, 5.74) is 4.84. The Morgan fingerprint density at radius 1 is 1.35 bits per heavy atom. The molecule has 0 bridgehead atoms. The highest BCUT2D eigenvalue weighted by Gasteiger charge is 1.99. The van der Waals surface area contributed by atoms with Crippen molar-refractivity contribution in [3.63, 3.8) is 0 Å². The molecule has 0 aliphatic carbocycles. The van der Waals surface area contributed by atoms with E-state index in [0.29, 0.717) is 0 Å². The molecule has 17 heavy (non-hydrogen) atoms. The number of aromatic nitrogens is 2. The second-order valence-corrected chi connectivity index (χ2v) is 4.68. The Bertz CT molecular complexity index is 511. The maximum Gasteiger partial charge on any atom is 0.150 e. The Kier molecular flexibility index (Phi) is 3.49. The lowest BCUT2D eigenvalue weighted by atomic mass is 10.3. The zero-order valence-corrected chi connectivity index (χ0v) is 10.9. The first-order chi connectivity index (χ1) is 8.15. The van der Waals surface area contributed by atoms with E-state index in [2.05, 4.69) is 20.5 Å². The molecule has 0 aromatic carbocycles.